The van der Waals surface area contributed by atoms with Crippen LogP contribution in [0.4, 0.5) is 0 Å². The van der Waals surface area contributed by atoms with Crippen molar-refractivity contribution in [2.75, 3.05) is 20.3 Å². The zero-order valence-corrected chi connectivity index (χ0v) is 9.55. The van der Waals surface area contributed by atoms with Gasteiger partial charge in [-0.15, -0.1) is 0 Å². The van der Waals surface area contributed by atoms with Crippen molar-refractivity contribution in [2.24, 2.45) is 0 Å². The monoisotopic (exact) mass is 238 g/mol. The summed E-state index contributed by atoms with van der Waals surface area (Å²) in [5, 5.41) is 0. The van der Waals surface area contributed by atoms with E-state index in [4.69, 9.17) is 9.47 Å². The van der Waals surface area contributed by atoms with E-state index < -0.39 is 11.9 Å². The van der Waals surface area contributed by atoms with E-state index in [1.807, 2.05) is 30.3 Å². The lowest BCUT2D eigenvalue weighted by Gasteiger charge is -2.05. The SMILES string of the molecule is COC(=O)COCC(=O)OCc1ccccc1. The van der Waals surface area contributed by atoms with Gasteiger partial charge >= 0.3 is 11.9 Å². The standard InChI is InChI=1S/C12H14O5/c1-15-11(13)8-16-9-12(14)17-7-10-5-3-2-4-6-10/h2-6H,7-9H2,1H3. The molecule has 0 bridgehead atoms. The van der Waals surface area contributed by atoms with Gasteiger partial charge < -0.3 is 14.2 Å². The van der Waals surface area contributed by atoms with Crippen molar-refractivity contribution in [1.29, 1.82) is 0 Å². The molecule has 0 aliphatic carbocycles. The first kappa shape index (κ1) is 13.2. The van der Waals surface area contributed by atoms with E-state index in [2.05, 4.69) is 4.74 Å². The first-order chi connectivity index (χ1) is 8.22. The Hall–Kier alpha value is -1.88. The fourth-order valence-corrected chi connectivity index (χ4v) is 1.06. The summed E-state index contributed by atoms with van der Waals surface area (Å²) in [6.07, 6.45) is 0. The second-order valence-corrected chi connectivity index (χ2v) is 3.22. The van der Waals surface area contributed by atoms with Gasteiger partial charge in [0, 0.05) is 0 Å². The first-order valence-corrected chi connectivity index (χ1v) is 5.06. The number of carbonyl (C=O) groups is 2. The van der Waals surface area contributed by atoms with Gasteiger partial charge in [-0.05, 0) is 5.56 Å². The molecule has 0 aromatic heterocycles. The molecule has 0 radical (unpaired) electrons. The molecule has 0 heterocycles. The number of methoxy groups -OCH3 is 1. The van der Waals surface area contributed by atoms with Gasteiger partial charge in [-0.3, -0.25) is 0 Å². The zero-order valence-electron chi connectivity index (χ0n) is 9.55. The topological polar surface area (TPSA) is 61.8 Å². The molecule has 0 aliphatic heterocycles. The molecule has 0 unspecified atom stereocenters. The molecule has 0 fully saturated rings. The van der Waals surface area contributed by atoms with E-state index >= 15 is 0 Å². The van der Waals surface area contributed by atoms with Crippen LogP contribution in [0.2, 0.25) is 0 Å². The van der Waals surface area contributed by atoms with Gasteiger partial charge in [-0.1, -0.05) is 30.3 Å². The third kappa shape index (κ3) is 5.67. The van der Waals surface area contributed by atoms with E-state index in [-0.39, 0.29) is 19.8 Å². The highest BCUT2D eigenvalue weighted by Gasteiger charge is 2.06. The minimum Gasteiger partial charge on any atom is -0.467 e. The maximum absolute atomic E-state index is 11.2. The molecule has 0 amide bonds. The van der Waals surface area contributed by atoms with Crippen LogP contribution < -0.4 is 0 Å². The minimum atomic E-state index is -0.527. The van der Waals surface area contributed by atoms with E-state index in [9.17, 15) is 9.59 Å². The van der Waals surface area contributed by atoms with Crippen LogP contribution in [0.5, 0.6) is 0 Å². The summed E-state index contributed by atoms with van der Waals surface area (Å²) in [5.74, 6) is -1.04. The van der Waals surface area contributed by atoms with E-state index in [1.165, 1.54) is 7.11 Å². The molecule has 0 N–H and O–H groups in total. The van der Waals surface area contributed by atoms with Crippen molar-refractivity contribution in [2.45, 2.75) is 6.61 Å². The van der Waals surface area contributed by atoms with Crippen molar-refractivity contribution in [3.8, 4) is 0 Å². The van der Waals surface area contributed by atoms with Gasteiger partial charge in [-0.25, -0.2) is 9.59 Å². The number of carbonyl (C=O) groups excluding carboxylic acids is 2. The molecule has 17 heavy (non-hydrogen) atoms. The molecule has 0 atom stereocenters. The van der Waals surface area contributed by atoms with Gasteiger partial charge in [-0.2, -0.15) is 0 Å². The number of ether oxygens (including phenoxy) is 3. The summed E-state index contributed by atoms with van der Waals surface area (Å²) in [4.78, 5) is 21.9. The summed E-state index contributed by atoms with van der Waals surface area (Å²) in [6.45, 7) is -0.319. The van der Waals surface area contributed by atoms with Gasteiger partial charge in [0.15, 0.2) is 0 Å². The maximum Gasteiger partial charge on any atom is 0.332 e. The highest BCUT2D eigenvalue weighted by molar-refractivity contribution is 5.73. The van der Waals surface area contributed by atoms with Crippen LogP contribution >= 0.6 is 0 Å². The second kappa shape index (κ2) is 7.40. The first-order valence-electron chi connectivity index (χ1n) is 5.06. The second-order valence-electron chi connectivity index (χ2n) is 3.22. The Bertz CT molecular complexity index is 360. The Morgan fingerprint density at radius 3 is 2.35 bits per heavy atom. The van der Waals surface area contributed by atoms with E-state index in [0.29, 0.717) is 0 Å². The third-order valence-electron chi connectivity index (χ3n) is 1.91. The highest BCUT2D eigenvalue weighted by Crippen LogP contribution is 2.00. The number of esters is 2. The van der Waals surface area contributed by atoms with Crippen molar-refractivity contribution >= 4 is 11.9 Å². The van der Waals surface area contributed by atoms with Crippen LogP contribution in [0.15, 0.2) is 30.3 Å². The van der Waals surface area contributed by atoms with Crippen LogP contribution in [0.1, 0.15) is 5.56 Å². The molecule has 0 saturated carbocycles. The fraction of sp³-hybridized carbons (Fsp3) is 0.333. The zero-order chi connectivity index (χ0) is 12.5. The average molecular weight is 238 g/mol. The molecule has 5 heteroatoms. The smallest absolute Gasteiger partial charge is 0.332 e. The Labute approximate surface area is 99.3 Å². The molecule has 0 saturated heterocycles. The van der Waals surface area contributed by atoms with Crippen LogP contribution in [-0.2, 0) is 30.4 Å². The number of hydrogen-bond acceptors (Lipinski definition) is 5. The highest BCUT2D eigenvalue weighted by atomic mass is 16.6. The van der Waals surface area contributed by atoms with Gasteiger partial charge in [0.2, 0.25) is 0 Å². The van der Waals surface area contributed by atoms with Gasteiger partial charge in [0.05, 0.1) is 7.11 Å². The van der Waals surface area contributed by atoms with Crippen molar-refractivity contribution in [3.05, 3.63) is 35.9 Å². The lowest BCUT2D eigenvalue weighted by atomic mass is 10.2. The van der Waals surface area contributed by atoms with Crippen LogP contribution in [0.3, 0.4) is 0 Å². The number of benzene rings is 1. The van der Waals surface area contributed by atoms with Crippen LogP contribution in [0.25, 0.3) is 0 Å². The fourth-order valence-electron chi connectivity index (χ4n) is 1.06. The van der Waals surface area contributed by atoms with Crippen molar-refractivity contribution < 1.29 is 23.8 Å². The predicted octanol–water partition coefficient (Wildman–Crippen LogP) is 0.919. The maximum atomic E-state index is 11.2. The van der Waals surface area contributed by atoms with Gasteiger partial charge in [0.25, 0.3) is 0 Å². The largest absolute Gasteiger partial charge is 0.467 e. The molecule has 0 spiro atoms. The number of rotatable bonds is 6. The molecular formula is C12H14O5. The van der Waals surface area contributed by atoms with Crippen LogP contribution in [0, 0.1) is 0 Å². The van der Waals surface area contributed by atoms with E-state index in [0.717, 1.165) is 5.56 Å². The van der Waals surface area contributed by atoms with E-state index in [1.54, 1.807) is 0 Å². The summed E-state index contributed by atoms with van der Waals surface area (Å²) >= 11 is 0. The lowest BCUT2D eigenvalue weighted by Crippen LogP contribution is -2.17. The Balaban J connectivity index is 2.16. The van der Waals surface area contributed by atoms with Crippen molar-refractivity contribution in [3.63, 3.8) is 0 Å². The summed E-state index contributed by atoms with van der Waals surface area (Å²) in [7, 11) is 1.25. The number of hydrogen-bond donors (Lipinski definition) is 0. The van der Waals surface area contributed by atoms with Crippen LogP contribution in [-0.4, -0.2) is 32.3 Å². The average Bonchev–Trinajstić information content (AvgIpc) is 2.37. The minimum absolute atomic E-state index is 0.196. The lowest BCUT2D eigenvalue weighted by molar-refractivity contribution is -0.154. The Morgan fingerprint density at radius 2 is 1.71 bits per heavy atom. The summed E-state index contributed by atoms with van der Waals surface area (Å²) in [5.41, 5.74) is 0.897. The Kier molecular flexibility index (Phi) is 5.74. The van der Waals surface area contributed by atoms with Crippen molar-refractivity contribution in [1.82, 2.24) is 0 Å². The summed E-state index contributed by atoms with van der Waals surface area (Å²) in [6, 6.07) is 9.30. The third-order valence-corrected chi connectivity index (χ3v) is 1.91. The molecule has 1 aromatic rings. The molecule has 92 valence electrons. The molecular weight excluding hydrogens is 224 g/mol. The predicted molar refractivity (Wildman–Crippen MR) is 59.1 cm³/mol. The normalized spacial score (nSPS) is 9.71. The molecule has 0 aliphatic rings. The Morgan fingerprint density at radius 1 is 1.06 bits per heavy atom. The quantitative estimate of drug-likeness (QED) is 0.689. The molecule has 1 aromatic carbocycles. The summed E-state index contributed by atoms with van der Waals surface area (Å²) < 4.78 is 14.1. The molecule has 5 nitrogen and oxygen atoms in total. The molecule has 1 rings (SSSR count). The van der Waals surface area contributed by atoms with Gasteiger partial charge in [0.1, 0.15) is 19.8 Å².